The van der Waals surface area contributed by atoms with Crippen molar-refractivity contribution in [1.82, 2.24) is 0 Å². The molecule has 2 nitrogen and oxygen atoms in total. The van der Waals surface area contributed by atoms with Crippen molar-refractivity contribution in [1.29, 1.82) is 0 Å². The maximum absolute atomic E-state index is 12.6. The highest BCUT2D eigenvalue weighted by Gasteiger charge is 2.31. The summed E-state index contributed by atoms with van der Waals surface area (Å²) in [6.07, 6.45) is -3.84. The predicted molar refractivity (Wildman–Crippen MR) is 76.4 cm³/mol. The van der Waals surface area contributed by atoms with E-state index in [4.69, 9.17) is 9.84 Å². The molecule has 0 aromatic heterocycles. The molecule has 0 heterocycles. The summed E-state index contributed by atoms with van der Waals surface area (Å²) in [5.74, 6) is 0.815. The van der Waals surface area contributed by atoms with Crippen LogP contribution >= 0.6 is 15.9 Å². The summed E-state index contributed by atoms with van der Waals surface area (Å²) in [6, 6.07) is 10.2. The Labute approximate surface area is 128 Å². The zero-order valence-corrected chi connectivity index (χ0v) is 12.4. The van der Waals surface area contributed by atoms with E-state index in [-0.39, 0.29) is 11.1 Å². The van der Waals surface area contributed by atoms with E-state index in [9.17, 15) is 13.2 Å². The van der Waals surface area contributed by atoms with Crippen molar-refractivity contribution in [2.45, 2.75) is 12.6 Å². The summed E-state index contributed by atoms with van der Waals surface area (Å²) in [5.41, 5.74) is 0.219. The van der Waals surface area contributed by atoms with Crippen molar-refractivity contribution < 1.29 is 23.0 Å². The van der Waals surface area contributed by atoms with E-state index in [0.717, 1.165) is 17.7 Å². The van der Waals surface area contributed by atoms with Gasteiger partial charge in [0.05, 0.1) is 10.0 Å². The molecule has 2 aromatic rings. The van der Waals surface area contributed by atoms with Gasteiger partial charge in [0.25, 0.3) is 0 Å². The van der Waals surface area contributed by atoms with Crippen LogP contribution in [0.5, 0.6) is 11.5 Å². The number of halogens is 4. The maximum atomic E-state index is 12.6. The van der Waals surface area contributed by atoms with E-state index in [1.165, 1.54) is 6.07 Å². The van der Waals surface area contributed by atoms with Crippen molar-refractivity contribution in [3.63, 3.8) is 0 Å². The molecule has 0 atom stereocenters. The summed E-state index contributed by atoms with van der Waals surface area (Å²) in [7, 11) is 0. The summed E-state index contributed by atoms with van der Waals surface area (Å²) in [5, 5.41) is 8.82. The molecule has 0 bridgehead atoms. The van der Waals surface area contributed by atoms with Crippen LogP contribution < -0.4 is 4.74 Å². The van der Waals surface area contributed by atoms with Crippen molar-refractivity contribution >= 4 is 15.9 Å². The molecular weight excluding hydrogens is 349 g/mol. The number of aliphatic hydroxyl groups is 1. The lowest BCUT2D eigenvalue weighted by Crippen LogP contribution is -2.04. The molecule has 0 saturated carbocycles. The lowest BCUT2D eigenvalue weighted by molar-refractivity contribution is -0.137. The van der Waals surface area contributed by atoms with Gasteiger partial charge < -0.3 is 9.84 Å². The highest BCUT2D eigenvalue weighted by atomic mass is 79.9. The number of alkyl halides is 3. The molecule has 21 heavy (non-hydrogen) atoms. The lowest BCUT2D eigenvalue weighted by Gasteiger charge is -2.11. The number of hydrogen-bond acceptors (Lipinski definition) is 2. The number of aliphatic hydroxyl groups excluding tert-OH is 1. The molecule has 2 aromatic carbocycles. The Kier molecular flexibility index (Phi) is 4.90. The first-order valence-electron chi connectivity index (χ1n) is 6.14. The van der Waals surface area contributed by atoms with E-state index < -0.39 is 11.7 Å². The van der Waals surface area contributed by atoms with Crippen molar-refractivity contribution in [2.24, 2.45) is 0 Å². The first kappa shape index (κ1) is 15.9. The van der Waals surface area contributed by atoms with Crippen LogP contribution in [-0.2, 0) is 12.6 Å². The van der Waals surface area contributed by atoms with Crippen LogP contribution in [0.1, 0.15) is 11.1 Å². The maximum Gasteiger partial charge on any atom is 0.416 e. The van der Waals surface area contributed by atoms with Gasteiger partial charge in [-0.15, -0.1) is 0 Å². The number of rotatable bonds is 4. The van der Waals surface area contributed by atoms with Crippen LogP contribution in [0.3, 0.4) is 0 Å². The molecule has 0 aliphatic carbocycles. The SMILES string of the molecule is OCCc1ccc(Oc2ccc(C(F)(F)F)cc2Br)cc1. The van der Waals surface area contributed by atoms with E-state index in [1.54, 1.807) is 24.3 Å². The largest absolute Gasteiger partial charge is 0.456 e. The second-order valence-corrected chi connectivity index (χ2v) is 5.22. The molecule has 0 amide bonds. The van der Waals surface area contributed by atoms with Crippen LogP contribution in [0.25, 0.3) is 0 Å². The first-order chi connectivity index (χ1) is 9.90. The molecule has 0 fully saturated rings. The third kappa shape index (κ3) is 4.22. The normalized spacial score (nSPS) is 11.5. The minimum absolute atomic E-state index is 0.0602. The van der Waals surface area contributed by atoms with Crippen molar-refractivity contribution in [3.05, 3.63) is 58.1 Å². The van der Waals surface area contributed by atoms with Gasteiger partial charge in [-0.05, 0) is 58.2 Å². The molecule has 0 spiro atoms. The van der Waals surface area contributed by atoms with Crippen LogP contribution in [0.4, 0.5) is 13.2 Å². The van der Waals surface area contributed by atoms with E-state index in [1.807, 2.05) is 0 Å². The second kappa shape index (κ2) is 6.49. The fourth-order valence-corrected chi connectivity index (χ4v) is 2.20. The number of benzene rings is 2. The van der Waals surface area contributed by atoms with Gasteiger partial charge in [0.1, 0.15) is 11.5 Å². The van der Waals surface area contributed by atoms with Crippen LogP contribution in [0.15, 0.2) is 46.9 Å². The molecule has 2 rings (SSSR count). The molecule has 112 valence electrons. The van der Waals surface area contributed by atoms with E-state index in [2.05, 4.69) is 15.9 Å². The zero-order valence-electron chi connectivity index (χ0n) is 10.8. The van der Waals surface area contributed by atoms with Gasteiger partial charge in [0, 0.05) is 6.61 Å². The summed E-state index contributed by atoms with van der Waals surface area (Å²) < 4.78 is 43.5. The van der Waals surface area contributed by atoms with Crippen LogP contribution in [0, 0.1) is 0 Å². The van der Waals surface area contributed by atoms with E-state index in [0.29, 0.717) is 17.9 Å². The molecule has 0 aliphatic rings. The molecular formula is C15H12BrF3O2. The highest BCUT2D eigenvalue weighted by Crippen LogP contribution is 2.36. The second-order valence-electron chi connectivity index (χ2n) is 4.36. The van der Waals surface area contributed by atoms with E-state index >= 15 is 0 Å². The Morgan fingerprint density at radius 3 is 2.24 bits per heavy atom. The van der Waals surface area contributed by atoms with Crippen molar-refractivity contribution in [3.8, 4) is 11.5 Å². The third-order valence-corrected chi connectivity index (χ3v) is 3.43. The molecule has 0 radical (unpaired) electrons. The van der Waals surface area contributed by atoms with Gasteiger partial charge in [-0.3, -0.25) is 0 Å². The monoisotopic (exact) mass is 360 g/mol. The predicted octanol–water partition coefficient (Wildman–Crippen LogP) is 4.80. The molecule has 0 unspecified atom stereocenters. The summed E-state index contributed by atoms with van der Waals surface area (Å²) in [4.78, 5) is 0. The Morgan fingerprint density at radius 1 is 1.05 bits per heavy atom. The molecule has 0 aliphatic heterocycles. The van der Waals surface area contributed by atoms with Gasteiger partial charge in [-0.25, -0.2) is 0 Å². The topological polar surface area (TPSA) is 29.5 Å². The van der Waals surface area contributed by atoms with Crippen LogP contribution in [-0.4, -0.2) is 11.7 Å². The van der Waals surface area contributed by atoms with Gasteiger partial charge in [-0.1, -0.05) is 12.1 Å². The Morgan fingerprint density at radius 2 is 1.71 bits per heavy atom. The average Bonchev–Trinajstić information content (AvgIpc) is 2.42. The zero-order chi connectivity index (χ0) is 15.5. The standard InChI is InChI=1S/C15H12BrF3O2/c16-13-9-11(15(17,18)19)3-6-14(13)21-12-4-1-10(2-5-12)7-8-20/h1-6,9,20H,7-8H2. The van der Waals surface area contributed by atoms with Gasteiger partial charge in [0.2, 0.25) is 0 Å². The highest BCUT2D eigenvalue weighted by molar-refractivity contribution is 9.10. The van der Waals surface area contributed by atoms with Gasteiger partial charge in [-0.2, -0.15) is 13.2 Å². The van der Waals surface area contributed by atoms with Crippen molar-refractivity contribution in [2.75, 3.05) is 6.61 Å². The fraction of sp³-hybridized carbons (Fsp3) is 0.200. The summed E-state index contributed by atoms with van der Waals surface area (Å²) in [6.45, 7) is 0.0602. The Bertz CT molecular complexity index is 609. The van der Waals surface area contributed by atoms with Gasteiger partial charge >= 0.3 is 6.18 Å². The quantitative estimate of drug-likeness (QED) is 0.848. The first-order valence-corrected chi connectivity index (χ1v) is 6.94. The average molecular weight is 361 g/mol. The minimum atomic E-state index is -4.38. The van der Waals surface area contributed by atoms with Gasteiger partial charge in [0.15, 0.2) is 0 Å². The minimum Gasteiger partial charge on any atom is -0.456 e. The number of ether oxygens (including phenoxy) is 1. The fourth-order valence-electron chi connectivity index (χ4n) is 1.74. The molecule has 0 saturated heterocycles. The summed E-state index contributed by atoms with van der Waals surface area (Å²) >= 11 is 3.08. The molecule has 1 N–H and O–H groups in total. The van der Waals surface area contributed by atoms with Crippen LogP contribution in [0.2, 0.25) is 0 Å². The third-order valence-electron chi connectivity index (χ3n) is 2.81. The Hall–Kier alpha value is -1.53. The Balaban J connectivity index is 2.16. The number of hydrogen-bond donors (Lipinski definition) is 1. The smallest absolute Gasteiger partial charge is 0.416 e. The lowest BCUT2D eigenvalue weighted by atomic mass is 10.1. The molecule has 6 heteroatoms.